The Kier molecular flexibility index (Phi) is 4.15. The van der Waals surface area contributed by atoms with Gasteiger partial charge in [0.15, 0.2) is 5.13 Å². The van der Waals surface area contributed by atoms with Crippen molar-refractivity contribution in [2.45, 2.75) is 38.9 Å². The van der Waals surface area contributed by atoms with Crippen molar-refractivity contribution in [2.75, 3.05) is 11.9 Å². The Labute approximate surface area is 122 Å². The maximum atomic E-state index is 4.42. The molecule has 5 heteroatoms. The normalized spacial score (nSPS) is 15.1. The molecule has 1 N–H and O–H groups in total. The predicted octanol–water partition coefficient (Wildman–Crippen LogP) is 3.80. The third kappa shape index (κ3) is 3.55. The molecule has 2 aromatic heterocycles. The Morgan fingerprint density at radius 2 is 2.21 bits per heavy atom. The van der Waals surface area contributed by atoms with Crippen molar-refractivity contribution in [1.29, 1.82) is 0 Å². The van der Waals surface area contributed by atoms with Crippen LogP contribution in [0.2, 0.25) is 0 Å². The molecule has 102 valence electrons. The first kappa shape index (κ1) is 13.1. The van der Waals surface area contributed by atoms with Crippen LogP contribution in [-0.4, -0.2) is 22.5 Å². The number of rotatable bonds is 7. The molecule has 0 bridgehead atoms. The lowest BCUT2D eigenvalue weighted by Crippen LogP contribution is -2.24. The highest BCUT2D eigenvalue weighted by molar-refractivity contribution is 7.15. The molecule has 2 heterocycles. The average molecular weight is 293 g/mol. The molecule has 0 spiro atoms. The van der Waals surface area contributed by atoms with E-state index in [-0.39, 0.29) is 0 Å². The quantitative estimate of drug-likeness (QED) is 0.841. The van der Waals surface area contributed by atoms with Gasteiger partial charge in [-0.15, -0.1) is 22.7 Å². The van der Waals surface area contributed by atoms with Crippen LogP contribution in [0.1, 0.15) is 29.5 Å². The van der Waals surface area contributed by atoms with Crippen LogP contribution in [-0.2, 0) is 13.1 Å². The number of thiophene rings is 1. The van der Waals surface area contributed by atoms with Gasteiger partial charge in [-0.25, -0.2) is 4.98 Å². The second-order valence-corrected chi connectivity index (χ2v) is 7.03. The number of hydrogen-bond donors (Lipinski definition) is 1. The van der Waals surface area contributed by atoms with E-state index in [0.717, 1.165) is 30.8 Å². The summed E-state index contributed by atoms with van der Waals surface area (Å²) >= 11 is 3.64. The molecular weight excluding hydrogens is 274 g/mol. The molecule has 0 radical (unpaired) electrons. The van der Waals surface area contributed by atoms with Crippen molar-refractivity contribution >= 4 is 27.8 Å². The number of nitrogens with zero attached hydrogens (tertiary/aromatic N) is 2. The fourth-order valence-electron chi connectivity index (χ4n) is 2.17. The van der Waals surface area contributed by atoms with E-state index < -0.39 is 0 Å². The Bertz CT molecular complexity index is 503. The Balaban J connectivity index is 1.63. The van der Waals surface area contributed by atoms with Crippen LogP contribution in [0.15, 0.2) is 23.7 Å². The summed E-state index contributed by atoms with van der Waals surface area (Å²) in [4.78, 5) is 9.83. The van der Waals surface area contributed by atoms with E-state index in [1.54, 1.807) is 11.3 Å². The van der Waals surface area contributed by atoms with Crippen molar-refractivity contribution < 1.29 is 0 Å². The van der Waals surface area contributed by atoms with Crippen LogP contribution >= 0.6 is 22.7 Å². The van der Waals surface area contributed by atoms with E-state index >= 15 is 0 Å². The third-order valence-corrected chi connectivity index (χ3v) is 5.04. The lowest BCUT2D eigenvalue weighted by atomic mass is 10.3. The Morgan fingerprint density at radius 3 is 2.89 bits per heavy atom. The number of anilines is 1. The zero-order chi connectivity index (χ0) is 13.1. The van der Waals surface area contributed by atoms with E-state index in [1.807, 2.05) is 17.5 Å². The first-order valence-corrected chi connectivity index (χ1v) is 8.49. The van der Waals surface area contributed by atoms with Crippen LogP contribution in [0.4, 0.5) is 5.13 Å². The SMILES string of the molecule is CCNc1ncc(CN(Cc2cccs2)C2CC2)s1. The van der Waals surface area contributed by atoms with Gasteiger partial charge in [-0.3, -0.25) is 4.90 Å². The third-order valence-electron chi connectivity index (χ3n) is 3.24. The van der Waals surface area contributed by atoms with Gasteiger partial charge in [-0.2, -0.15) is 0 Å². The number of hydrogen-bond acceptors (Lipinski definition) is 5. The van der Waals surface area contributed by atoms with Crippen LogP contribution < -0.4 is 5.32 Å². The Morgan fingerprint density at radius 1 is 1.37 bits per heavy atom. The summed E-state index contributed by atoms with van der Waals surface area (Å²) in [5.41, 5.74) is 0. The van der Waals surface area contributed by atoms with Gasteiger partial charge < -0.3 is 5.32 Å². The first-order chi connectivity index (χ1) is 9.35. The minimum atomic E-state index is 0.784. The van der Waals surface area contributed by atoms with Gasteiger partial charge in [-0.05, 0) is 31.2 Å². The molecule has 0 aromatic carbocycles. The standard InChI is InChI=1S/C14H19N3S2/c1-2-15-14-16-8-13(19-14)10-17(11-5-6-11)9-12-4-3-7-18-12/h3-4,7-8,11H,2,5-6,9-10H2,1H3,(H,15,16). The second kappa shape index (κ2) is 6.03. The molecule has 1 aliphatic rings. The summed E-state index contributed by atoms with van der Waals surface area (Å²) in [6.45, 7) is 5.16. The smallest absolute Gasteiger partial charge is 0.182 e. The minimum Gasteiger partial charge on any atom is -0.362 e. The number of thiazole rings is 1. The molecular formula is C14H19N3S2. The molecule has 1 saturated carbocycles. The molecule has 0 unspecified atom stereocenters. The summed E-state index contributed by atoms with van der Waals surface area (Å²) in [5.74, 6) is 0. The largest absolute Gasteiger partial charge is 0.362 e. The molecule has 0 amide bonds. The fraction of sp³-hybridized carbons (Fsp3) is 0.500. The van der Waals surface area contributed by atoms with E-state index in [2.05, 4.69) is 39.6 Å². The van der Waals surface area contributed by atoms with Crippen molar-refractivity contribution in [3.63, 3.8) is 0 Å². The van der Waals surface area contributed by atoms with E-state index in [4.69, 9.17) is 0 Å². The van der Waals surface area contributed by atoms with Gasteiger partial charge >= 0.3 is 0 Å². The van der Waals surface area contributed by atoms with Crippen molar-refractivity contribution in [1.82, 2.24) is 9.88 Å². The molecule has 0 atom stereocenters. The number of aromatic nitrogens is 1. The molecule has 3 nitrogen and oxygen atoms in total. The van der Waals surface area contributed by atoms with E-state index in [9.17, 15) is 0 Å². The van der Waals surface area contributed by atoms with Crippen molar-refractivity contribution in [3.8, 4) is 0 Å². The van der Waals surface area contributed by atoms with Gasteiger partial charge in [-0.1, -0.05) is 6.07 Å². The van der Waals surface area contributed by atoms with Crippen molar-refractivity contribution in [2.24, 2.45) is 0 Å². The molecule has 0 saturated heterocycles. The van der Waals surface area contributed by atoms with Gasteiger partial charge in [0, 0.05) is 41.6 Å². The first-order valence-electron chi connectivity index (χ1n) is 6.80. The topological polar surface area (TPSA) is 28.2 Å². The lowest BCUT2D eigenvalue weighted by molar-refractivity contribution is 0.250. The summed E-state index contributed by atoms with van der Waals surface area (Å²) in [5, 5.41) is 6.49. The predicted molar refractivity (Wildman–Crippen MR) is 82.9 cm³/mol. The number of nitrogens with one attached hydrogen (secondary N) is 1. The van der Waals surface area contributed by atoms with Crippen LogP contribution in [0, 0.1) is 0 Å². The van der Waals surface area contributed by atoms with Gasteiger partial charge in [0.05, 0.1) is 0 Å². The molecule has 2 aromatic rings. The maximum Gasteiger partial charge on any atom is 0.182 e. The summed E-state index contributed by atoms with van der Waals surface area (Å²) in [7, 11) is 0. The zero-order valence-electron chi connectivity index (χ0n) is 11.1. The van der Waals surface area contributed by atoms with Crippen LogP contribution in [0.25, 0.3) is 0 Å². The molecule has 1 fully saturated rings. The monoisotopic (exact) mass is 293 g/mol. The van der Waals surface area contributed by atoms with E-state index in [1.165, 1.54) is 22.6 Å². The summed E-state index contributed by atoms with van der Waals surface area (Å²) < 4.78 is 0. The molecule has 0 aliphatic heterocycles. The molecule has 1 aliphatic carbocycles. The molecule has 3 rings (SSSR count). The Hall–Kier alpha value is -0.910. The average Bonchev–Trinajstić information content (AvgIpc) is 2.95. The highest BCUT2D eigenvalue weighted by Crippen LogP contribution is 2.32. The zero-order valence-corrected chi connectivity index (χ0v) is 12.8. The highest BCUT2D eigenvalue weighted by Gasteiger charge is 2.29. The van der Waals surface area contributed by atoms with Gasteiger partial charge in [0.2, 0.25) is 0 Å². The highest BCUT2D eigenvalue weighted by atomic mass is 32.1. The van der Waals surface area contributed by atoms with Crippen molar-refractivity contribution in [3.05, 3.63) is 33.5 Å². The van der Waals surface area contributed by atoms with Crippen LogP contribution in [0.3, 0.4) is 0 Å². The van der Waals surface area contributed by atoms with Gasteiger partial charge in [0.1, 0.15) is 0 Å². The fourth-order valence-corrected chi connectivity index (χ4v) is 3.81. The summed E-state index contributed by atoms with van der Waals surface area (Å²) in [6, 6.07) is 5.16. The van der Waals surface area contributed by atoms with E-state index in [0.29, 0.717) is 0 Å². The lowest BCUT2D eigenvalue weighted by Gasteiger charge is -2.20. The summed E-state index contributed by atoms with van der Waals surface area (Å²) in [6.07, 6.45) is 4.72. The molecule has 19 heavy (non-hydrogen) atoms. The van der Waals surface area contributed by atoms with Gasteiger partial charge in [0.25, 0.3) is 0 Å². The second-order valence-electron chi connectivity index (χ2n) is 4.88. The minimum absolute atomic E-state index is 0.784. The van der Waals surface area contributed by atoms with Crippen LogP contribution in [0.5, 0.6) is 0 Å². The maximum absolute atomic E-state index is 4.42.